The maximum atomic E-state index is 11.5. The van der Waals surface area contributed by atoms with Crippen LogP contribution in [0.5, 0.6) is 0 Å². The third-order valence-electron chi connectivity index (χ3n) is 1.81. The van der Waals surface area contributed by atoms with Crippen molar-refractivity contribution in [3.8, 4) is 0 Å². The maximum absolute atomic E-state index is 11.5. The lowest BCUT2D eigenvalue weighted by atomic mass is 10.0. The minimum Gasteiger partial charge on any atom is -0.294 e. The summed E-state index contributed by atoms with van der Waals surface area (Å²) in [6.07, 6.45) is 0. The molecule has 0 amide bonds. The lowest BCUT2D eigenvalue weighted by Gasteiger charge is -2.03. The molecule has 0 saturated heterocycles. The number of hydrogen-bond acceptors (Lipinski definition) is 1. The van der Waals surface area contributed by atoms with Crippen molar-refractivity contribution in [1.82, 2.24) is 0 Å². The molecule has 1 aromatic rings. The number of carbonyl (C=O) groups is 1. The summed E-state index contributed by atoms with van der Waals surface area (Å²) >= 11 is 0. The molecule has 0 aliphatic carbocycles. The number of ketones is 1. The van der Waals surface area contributed by atoms with Gasteiger partial charge in [0, 0.05) is 11.5 Å². The van der Waals surface area contributed by atoms with Gasteiger partial charge in [0.1, 0.15) is 0 Å². The van der Waals surface area contributed by atoms with Crippen LogP contribution < -0.4 is 0 Å². The van der Waals surface area contributed by atoms with E-state index >= 15 is 0 Å². The summed E-state index contributed by atoms with van der Waals surface area (Å²) in [7, 11) is 0. The zero-order valence-electron chi connectivity index (χ0n) is 7.74. The zero-order valence-corrected chi connectivity index (χ0v) is 7.74. The van der Waals surface area contributed by atoms with Crippen LogP contribution in [0.4, 0.5) is 5.69 Å². The first-order chi connectivity index (χ1) is 6.15. The van der Waals surface area contributed by atoms with Crippen molar-refractivity contribution in [3.63, 3.8) is 0 Å². The van der Waals surface area contributed by atoms with E-state index in [1.165, 1.54) is 0 Å². The van der Waals surface area contributed by atoms with Crippen LogP contribution in [0, 0.1) is 12.5 Å². The Morgan fingerprint density at radius 1 is 1.31 bits per heavy atom. The number of Topliss-reactive ketones (excluding diaryl/α,β-unsaturated/α-hetero) is 1. The molecule has 0 fully saturated rings. The fourth-order valence-electron chi connectivity index (χ4n) is 1.03. The van der Waals surface area contributed by atoms with Gasteiger partial charge in [-0.25, -0.2) is 4.85 Å². The zero-order chi connectivity index (χ0) is 9.84. The van der Waals surface area contributed by atoms with E-state index in [0.29, 0.717) is 11.3 Å². The average molecular weight is 173 g/mol. The lowest BCUT2D eigenvalue weighted by Crippen LogP contribution is -2.06. The van der Waals surface area contributed by atoms with Crippen molar-refractivity contribution >= 4 is 11.5 Å². The molecule has 0 N–H and O–H groups in total. The monoisotopic (exact) mass is 173 g/mol. The molecule has 13 heavy (non-hydrogen) atoms. The molecule has 1 rings (SSSR count). The van der Waals surface area contributed by atoms with Gasteiger partial charge >= 0.3 is 0 Å². The number of hydrogen-bond donors (Lipinski definition) is 0. The second-order valence-corrected chi connectivity index (χ2v) is 3.18. The molecule has 0 atom stereocenters. The second kappa shape index (κ2) is 3.86. The highest BCUT2D eigenvalue weighted by Gasteiger charge is 2.09. The molecule has 0 aromatic heterocycles. The largest absolute Gasteiger partial charge is 0.294 e. The molecule has 0 radical (unpaired) electrons. The van der Waals surface area contributed by atoms with Crippen LogP contribution in [0.3, 0.4) is 0 Å². The molecule has 2 nitrogen and oxygen atoms in total. The van der Waals surface area contributed by atoms with Gasteiger partial charge in [0.25, 0.3) is 0 Å². The van der Waals surface area contributed by atoms with E-state index in [0.717, 1.165) is 0 Å². The topological polar surface area (TPSA) is 21.4 Å². The Labute approximate surface area is 78.0 Å². The molecule has 0 bridgehead atoms. The molecule has 66 valence electrons. The van der Waals surface area contributed by atoms with Gasteiger partial charge in [0.2, 0.25) is 0 Å². The molecule has 0 spiro atoms. The Bertz CT molecular complexity index is 343. The van der Waals surface area contributed by atoms with Gasteiger partial charge in [0.15, 0.2) is 11.5 Å². The molecule has 2 heteroatoms. The number of benzene rings is 1. The fourth-order valence-corrected chi connectivity index (χ4v) is 1.03. The quantitative estimate of drug-likeness (QED) is 0.497. The number of carbonyl (C=O) groups excluding carboxylic acids is 1. The molecule has 1 aromatic carbocycles. The van der Waals surface area contributed by atoms with E-state index < -0.39 is 0 Å². The summed E-state index contributed by atoms with van der Waals surface area (Å²) in [5, 5.41) is 0. The van der Waals surface area contributed by atoms with Gasteiger partial charge in [0.05, 0.1) is 6.57 Å². The van der Waals surface area contributed by atoms with Gasteiger partial charge in [-0.2, -0.15) is 0 Å². The van der Waals surface area contributed by atoms with Crippen molar-refractivity contribution in [2.24, 2.45) is 5.92 Å². The van der Waals surface area contributed by atoms with Crippen LogP contribution in [0.1, 0.15) is 24.2 Å². The Kier molecular flexibility index (Phi) is 2.81. The first kappa shape index (κ1) is 9.47. The molecule has 0 unspecified atom stereocenters. The highest BCUT2D eigenvalue weighted by atomic mass is 16.1. The standard InChI is InChI=1S/C11H11NO/c1-8(2)11(13)9-4-6-10(12-3)7-5-9/h4-8H,1-2H3. The van der Waals surface area contributed by atoms with Gasteiger partial charge < -0.3 is 0 Å². The summed E-state index contributed by atoms with van der Waals surface area (Å²) in [5.41, 5.74) is 1.25. The van der Waals surface area contributed by atoms with E-state index in [4.69, 9.17) is 6.57 Å². The van der Waals surface area contributed by atoms with Crippen LogP contribution >= 0.6 is 0 Å². The van der Waals surface area contributed by atoms with Gasteiger partial charge in [-0.1, -0.05) is 38.1 Å². The van der Waals surface area contributed by atoms with Crippen molar-refractivity contribution in [2.45, 2.75) is 13.8 Å². The molecule has 0 aliphatic heterocycles. The normalized spacial score (nSPS) is 9.69. The van der Waals surface area contributed by atoms with E-state index in [9.17, 15) is 4.79 Å². The second-order valence-electron chi connectivity index (χ2n) is 3.18. The third kappa shape index (κ3) is 2.16. The van der Waals surface area contributed by atoms with Crippen molar-refractivity contribution in [1.29, 1.82) is 0 Å². The van der Waals surface area contributed by atoms with Crippen molar-refractivity contribution in [3.05, 3.63) is 41.2 Å². The summed E-state index contributed by atoms with van der Waals surface area (Å²) in [6.45, 7) is 10.5. The molecule has 0 aliphatic rings. The Morgan fingerprint density at radius 2 is 1.85 bits per heavy atom. The third-order valence-corrected chi connectivity index (χ3v) is 1.81. The minimum absolute atomic E-state index is 0.0128. The van der Waals surface area contributed by atoms with Crippen LogP contribution in [-0.4, -0.2) is 5.78 Å². The van der Waals surface area contributed by atoms with Crippen molar-refractivity contribution in [2.75, 3.05) is 0 Å². The molecule has 0 heterocycles. The minimum atomic E-state index is 0.0128. The van der Waals surface area contributed by atoms with Crippen LogP contribution in [-0.2, 0) is 0 Å². The lowest BCUT2D eigenvalue weighted by molar-refractivity contribution is 0.0939. The predicted octanol–water partition coefficient (Wildman–Crippen LogP) is 3.08. The van der Waals surface area contributed by atoms with Crippen LogP contribution in [0.15, 0.2) is 24.3 Å². The number of nitrogens with zero attached hydrogens (tertiary/aromatic N) is 1. The summed E-state index contributed by atoms with van der Waals surface area (Å²) in [4.78, 5) is 14.7. The average Bonchev–Trinajstić information content (AvgIpc) is 2.17. The van der Waals surface area contributed by atoms with E-state index in [1.807, 2.05) is 13.8 Å². The van der Waals surface area contributed by atoms with E-state index in [-0.39, 0.29) is 11.7 Å². The van der Waals surface area contributed by atoms with Crippen LogP contribution in [0.2, 0.25) is 0 Å². The highest BCUT2D eigenvalue weighted by Crippen LogP contribution is 2.15. The van der Waals surface area contributed by atoms with E-state index in [2.05, 4.69) is 4.85 Å². The van der Waals surface area contributed by atoms with E-state index in [1.54, 1.807) is 24.3 Å². The SMILES string of the molecule is [C-]#[N+]c1ccc(C(=O)C(C)C)cc1. The molecule has 0 saturated carbocycles. The number of rotatable bonds is 2. The first-order valence-electron chi connectivity index (χ1n) is 4.17. The smallest absolute Gasteiger partial charge is 0.187 e. The summed E-state index contributed by atoms with van der Waals surface area (Å²) in [6, 6.07) is 6.75. The molecular formula is C11H11NO. The van der Waals surface area contributed by atoms with Gasteiger partial charge in [-0.15, -0.1) is 0 Å². The van der Waals surface area contributed by atoms with Crippen molar-refractivity contribution < 1.29 is 4.79 Å². The Morgan fingerprint density at radius 3 is 2.23 bits per heavy atom. The van der Waals surface area contributed by atoms with Crippen LogP contribution in [0.25, 0.3) is 4.85 Å². The summed E-state index contributed by atoms with van der Waals surface area (Å²) < 4.78 is 0. The summed E-state index contributed by atoms with van der Waals surface area (Å²) in [5.74, 6) is 0.135. The first-order valence-corrected chi connectivity index (χ1v) is 4.17. The van der Waals surface area contributed by atoms with Gasteiger partial charge in [-0.3, -0.25) is 4.79 Å². The Balaban J connectivity index is 2.94. The maximum Gasteiger partial charge on any atom is 0.187 e. The predicted molar refractivity (Wildman–Crippen MR) is 51.9 cm³/mol. The fraction of sp³-hybridized carbons (Fsp3) is 0.273. The highest BCUT2D eigenvalue weighted by molar-refractivity contribution is 5.97. The van der Waals surface area contributed by atoms with Gasteiger partial charge in [-0.05, 0) is 0 Å². The Hall–Kier alpha value is -1.62. The molecular weight excluding hydrogens is 162 g/mol.